The Morgan fingerprint density at radius 2 is 1.57 bits per heavy atom. The lowest BCUT2D eigenvalue weighted by Crippen LogP contribution is -2.58. The number of hydrogen-bond acceptors (Lipinski definition) is 7. The van der Waals surface area contributed by atoms with E-state index in [9.17, 15) is 29.4 Å². The molecule has 5 atom stereocenters. The van der Waals surface area contributed by atoms with Crippen molar-refractivity contribution >= 4 is 23.7 Å². The number of unbranched alkanes of at least 4 members (excludes halogenated alkanes) is 1. The van der Waals surface area contributed by atoms with Gasteiger partial charge in [-0.1, -0.05) is 32.4 Å². The van der Waals surface area contributed by atoms with E-state index in [1.165, 1.54) is 19.1 Å². The maximum atomic E-state index is 12.9. The Hall–Kier alpha value is -3.18. The molecule has 11 nitrogen and oxygen atoms in total. The smallest absolute Gasteiger partial charge is 0.326 e. The fraction of sp³-hybridized carbons (Fsp3) is 0.583. The van der Waals surface area contributed by atoms with Crippen LogP contribution in [-0.2, 0) is 25.6 Å². The maximum absolute atomic E-state index is 12.9. The Bertz CT molecular complexity index is 847. The zero-order chi connectivity index (χ0) is 26.5. The van der Waals surface area contributed by atoms with E-state index in [0.29, 0.717) is 25.8 Å². The van der Waals surface area contributed by atoms with Gasteiger partial charge >= 0.3 is 5.97 Å². The van der Waals surface area contributed by atoms with Gasteiger partial charge in [0.1, 0.15) is 23.9 Å². The summed E-state index contributed by atoms with van der Waals surface area (Å²) in [5.74, 6) is -3.08. The van der Waals surface area contributed by atoms with Crippen molar-refractivity contribution in [1.29, 1.82) is 0 Å². The number of nitrogens with one attached hydrogen (secondary N) is 3. The lowest BCUT2D eigenvalue weighted by Gasteiger charge is -2.27. The Labute approximate surface area is 206 Å². The summed E-state index contributed by atoms with van der Waals surface area (Å²) < 4.78 is 0. The summed E-state index contributed by atoms with van der Waals surface area (Å²) >= 11 is 0. The van der Waals surface area contributed by atoms with E-state index < -0.39 is 47.9 Å². The van der Waals surface area contributed by atoms with Gasteiger partial charge in [-0.15, -0.1) is 0 Å². The summed E-state index contributed by atoms with van der Waals surface area (Å²) in [5.41, 5.74) is 12.1. The summed E-state index contributed by atoms with van der Waals surface area (Å²) in [6, 6.07) is 2.30. The number of carboxylic acids is 1. The van der Waals surface area contributed by atoms with Crippen molar-refractivity contribution in [2.75, 3.05) is 6.54 Å². The van der Waals surface area contributed by atoms with Gasteiger partial charge < -0.3 is 37.6 Å². The number of aliphatic carboxylic acids is 1. The van der Waals surface area contributed by atoms with Crippen molar-refractivity contribution in [3.63, 3.8) is 0 Å². The van der Waals surface area contributed by atoms with Crippen LogP contribution in [0.5, 0.6) is 5.75 Å². The van der Waals surface area contributed by atoms with Crippen LogP contribution in [0.4, 0.5) is 0 Å². The third-order valence-corrected chi connectivity index (χ3v) is 5.84. The third kappa shape index (κ3) is 10.3. The van der Waals surface area contributed by atoms with Crippen molar-refractivity contribution in [2.24, 2.45) is 17.4 Å². The fourth-order valence-corrected chi connectivity index (χ4v) is 3.36. The molecule has 0 saturated carbocycles. The number of rotatable bonds is 15. The molecule has 11 heteroatoms. The van der Waals surface area contributed by atoms with E-state index in [1.807, 2.05) is 6.92 Å². The minimum atomic E-state index is -1.16. The predicted octanol–water partition coefficient (Wildman–Crippen LogP) is -0.00400. The molecule has 1 rings (SSSR count). The highest BCUT2D eigenvalue weighted by molar-refractivity contribution is 5.94. The van der Waals surface area contributed by atoms with Crippen LogP contribution in [0.2, 0.25) is 0 Å². The molecule has 196 valence electrons. The van der Waals surface area contributed by atoms with Crippen LogP contribution in [0.3, 0.4) is 0 Å². The molecule has 3 amide bonds. The van der Waals surface area contributed by atoms with Crippen LogP contribution in [0, 0.1) is 5.92 Å². The molecule has 1 aromatic carbocycles. The molecule has 0 saturated heterocycles. The van der Waals surface area contributed by atoms with E-state index in [4.69, 9.17) is 11.5 Å². The highest BCUT2D eigenvalue weighted by Crippen LogP contribution is 2.12. The Morgan fingerprint density at radius 1 is 0.943 bits per heavy atom. The first kappa shape index (κ1) is 29.9. The van der Waals surface area contributed by atoms with Crippen LogP contribution in [-0.4, -0.2) is 64.6 Å². The van der Waals surface area contributed by atoms with Gasteiger partial charge in [-0.25, -0.2) is 4.79 Å². The molecule has 0 heterocycles. The molecule has 0 radical (unpaired) electrons. The number of carbonyl (C=O) groups excluding carboxylic acids is 3. The summed E-state index contributed by atoms with van der Waals surface area (Å²) in [7, 11) is 0. The van der Waals surface area contributed by atoms with Crippen LogP contribution < -0.4 is 27.4 Å². The second-order valence-corrected chi connectivity index (χ2v) is 8.76. The summed E-state index contributed by atoms with van der Waals surface area (Å²) in [6.07, 6.45) is 2.17. The molecular weight excluding hydrogens is 454 g/mol. The topological polar surface area (TPSA) is 197 Å². The number of amides is 3. The van der Waals surface area contributed by atoms with Crippen LogP contribution >= 0.6 is 0 Å². The number of benzene rings is 1. The average molecular weight is 494 g/mol. The van der Waals surface area contributed by atoms with Crippen molar-refractivity contribution in [2.45, 2.75) is 77.0 Å². The quantitative estimate of drug-likeness (QED) is 0.166. The number of phenolic OH excluding ortho intramolecular Hbond substituents is 1. The number of hydrogen-bond donors (Lipinski definition) is 7. The number of phenols is 1. The molecular formula is C24H39N5O6. The van der Waals surface area contributed by atoms with Gasteiger partial charge in [-0.05, 0) is 62.8 Å². The second kappa shape index (κ2) is 14.9. The normalized spacial score (nSPS) is 15.2. The number of carbonyl (C=O) groups is 4. The minimum Gasteiger partial charge on any atom is -0.508 e. The summed E-state index contributed by atoms with van der Waals surface area (Å²) in [5, 5.41) is 26.5. The maximum Gasteiger partial charge on any atom is 0.326 e. The molecule has 0 aromatic heterocycles. The number of nitrogens with two attached hydrogens (primary N) is 2. The van der Waals surface area contributed by atoms with E-state index in [-0.39, 0.29) is 24.5 Å². The van der Waals surface area contributed by atoms with Gasteiger partial charge in [0.2, 0.25) is 17.7 Å². The van der Waals surface area contributed by atoms with E-state index in [1.54, 1.807) is 19.1 Å². The van der Waals surface area contributed by atoms with Gasteiger partial charge in [-0.3, -0.25) is 14.4 Å². The van der Waals surface area contributed by atoms with Crippen molar-refractivity contribution in [1.82, 2.24) is 16.0 Å². The van der Waals surface area contributed by atoms with Crippen LogP contribution in [0.1, 0.15) is 52.0 Å². The van der Waals surface area contributed by atoms with Crippen LogP contribution in [0.15, 0.2) is 24.3 Å². The molecule has 5 unspecified atom stereocenters. The highest BCUT2D eigenvalue weighted by Gasteiger charge is 2.31. The lowest BCUT2D eigenvalue weighted by atomic mass is 9.97. The molecule has 0 aliphatic rings. The van der Waals surface area contributed by atoms with E-state index in [2.05, 4.69) is 16.0 Å². The summed E-state index contributed by atoms with van der Waals surface area (Å²) in [4.78, 5) is 49.6. The first-order chi connectivity index (χ1) is 16.5. The monoisotopic (exact) mass is 493 g/mol. The first-order valence-corrected chi connectivity index (χ1v) is 11.9. The van der Waals surface area contributed by atoms with Gasteiger partial charge in [0.25, 0.3) is 0 Å². The zero-order valence-electron chi connectivity index (χ0n) is 20.6. The molecule has 0 aliphatic heterocycles. The van der Waals surface area contributed by atoms with Crippen molar-refractivity contribution < 1.29 is 29.4 Å². The largest absolute Gasteiger partial charge is 0.508 e. The van der Waals surface area contributed by atoms with Gasteiger partial charge in [-0.2, -0.15) is 0 Å². The zero-order valence-corrected chi connectivity index (χ0v) is 20.6. The molecule has 9 N–H and O–H groups in total. The van der Waals surface area contributed by atoms with E-state index >= 15 is 0 Å². The van der Waals surface area contributed by atoms with E-state index in [0.717, 1.165) is 5.56 Å². The number of aromatic hydroxyl groups is 1. The molecule has 0 fully saturated rings. The molecule has 0 aliphatic carbocycles. The number of carboxylic acid groups (broad SMARTS) is 1. The third-order valence-electron chi connectivity index (χ3n) is 5.84. The Morgan fingerprint density at radius 3 is 2.11 bits per heavy atom. The Kier molecular flexibility index (Phi) is 12.7. The van der Waals surface area contributed by atoms with Crippen LogP contribution in [0.25, 0.3) is 0 Å². The average Bonchev–Trinajstić information content (AvgIpc) is 2.82. The van der Waals surface area contributed by atoms with Crippen molar-refractivity contribution in [3.8, 4) is 5.75 Å². The second-order valence-electron chi connectivity index (χ2n) is 8.76. The van der Waals surface area contributed by atoms with Gasteiger partial charge in [0.15, 0.2) is 0 Å². The van der Waals surface area contributed by atoms with Crippen molar-refractivity contribution in [3.05, 3.63) is 29.8 Å². The Balaban J connectivity index is 2.75. The fourth-order valence-electron chi connectivity index (χ4n) is 3.36. The SMILES string of the molecule is CCC(C)C(NC(=O)C(C)NC(=O)C(N)Cc1ccc(O)cc1)C(=O)NC(CCCCN)C(=O)O. The minimum absolute atomic E-state index is 0.0993. The highest BCUT2D eigenvalue weighted by atomic mass is 16.4. The standard InChI is InChI=1S/C24H39N5O6/c1-4-14(2)20(23(33)28-19(24(34)35)7-5-6-12-25)29-21(31)15(3)27-22(32)18(26)13-16-8-10-17(30)11-9-16/h8-11,14-15,18-20,30H,4-7,12-13,25-26H2,1-3H3,(H,27,32)(H,28,33)(H,29,31)(H,34,35). The first-order valence-electron chi connectivity index (χ1n) is 11.9. The molecule has 0 spiro atoms. The summed E-state index contributed by atoms with van der Waals surface area (Å²) in [6.45, 7) is 5.51. The van der Waals surface area contributed by atoms with Gasteiger partial charge in [0.05, 0.1) is 6.04 Å². The van der Waals surface area contributed by atoms with Gasteiger partial charge in [0, 0.05) is 0 Å². The molecule has 1 aromatic rings. The molecule has 0 bridgehead atoms. The lowest BCUT2D eigenvalue weighted by molar-refractivity contribution is -0.143. The predicted molar refractivity (Wildman–Crippen MR) is 131 cm³/mol. The molecule has 35 heavy (non-hydrogen) atoms.